The molecule has 2 aliphatic carbocycles. The fraction of sp³-hybridized carbons (Fsp3) is 0.429. The molecule has 3 nitrogen and oxygen atoms in total. The summed E-state index contributed by atoms with van der Waals surface area (Å²) >= 11 is 0. The Morgan fingerprint density at radius 2 is 1.31 bits per heavy atom. The molecule has 184 valence electrons. The zero-order valence-corrected chi connectivity index (χ0v) is 20.2. The molecule has 1 aliphatic heterocycles. The van der Waals surface area contributed by atoms with Crippen molar-refractivity contribution in [2.45, 2.75) is 65.0 Å². The van der Waals surface area contributed by atoms with Crippen molar-refractivity contribution in [1.82, 2.24) is 0 Å². The van der Waals surface area contributed by atoms with E-state index < -0.39 is 29.1 Å². The molecule has 7 heteroatoms. The number of hydrogen-bond donors (Lipinski definition) is 1. The Kier molecular flexibility index (Phi) is 4.39. The van der Waals surface area contributed by atoms with Crippen molar-refractivity contribution in [3.63, 3.8) is 0 Å². The quantitative estimate of drug-likeness (QED) is 0.199. The Balaban J connectivity index is 1.70. The number of fused-ring (bicyclic) bond motifs is 8. The highest BCUT2D eigenvalue weighted by Gasteiger charge is 2.54. The summed E-state index contributed by atoms with van der Waals surface area (Å²) in [5.74, 6) is -0.0912. The van der Waals surface area contributed by atoms with Gasteiger partial charge in [-0.3, -0.25) is 0 Å². The van der Waals surface area contributed by atoms with Crippen molar-refractivity contribution in [3.05, 3.63) is 53.6 Å². The number of aromatic hydroxyl groups is 1. The maximum atomic E-state index is 14.8. The summed E-state index contributed by atoms with van der Waals surface area (Å²) in [6.07, 6.45) is -2.82. The average molecular weight is 485 g/mol. The molecule has 0 radical (unpaired) electrons. The molecular weight excluding hydrogens is 456 g/mol. The molecule has 1 heterocycles. The van der Waals surface area contributed by atoms with Crippen molar-refractivity contribution >= 4 is 22.1 Å². The fourth-order valence-electron chi connectivity index (χ4n) is 7.68. The molecule has 1 N–H and O–H groups in total. The molecule has 3 aliphatic rings. The zero-order valence-electron chi connectivity index (χ0n) is 20.2. The molecule has 35 heavy (non-hydrogen) atoms. The van der Waals surface area contributed by atoms with E-state index in [2.05, 4.69) is 33.8 Å². The van der Waals surface area contributed by atoms with E-state index >= 15 is 0 Å². The van der Waals surface area contributed by atoms with E-state index in [-0.39, 0.29) is 32.5 Å². The standard InChI is InChI=1S/C28H28F4N2O/c1-26(2)12-27(3,4)14-28(13-26)18-8-6-5-7-15(18)23-17-10-21-20(9-16(17)22(35)11-19(23)28)33(31)24(29)25(30)34(21)32/h5-11,24-25,35H,12-14H2,1-4H3. The largest absolute Gasteiger partial charge is 0.507 e. The van der Waals surface area contributed by atoms with E-state index in [1.54, 1.807) is 6.07 Å². The van der Waals surface area contributed by atoms with Crippen molar-refractivity contribution in [2.24, 2.45) is 10.8 Å². The first-order valence-electron chi connectivity index (χ1n) is 12.0. The summed E-state index contributed by atoms with van der Waals surface area (Å²) in [5.41, 5.74) is 2.72. The van der Waals surface area contributed by atoms with Gasteiger partial charge in [0.15, 0.2) is 0 Å². The number of hydrogen-bond acceptors (Lipinski definition) is 3. The van der Waals surface area contributed by atoms with Gasteiger partial charge >= 0.3 is 0 Å². The van der Waals surface area contributed by atoms with Gasteiger partial charge in [-0.2, -0.15) is 10.2 Å². The van der Waals surface area contributed by atoms with Crippen LogP contribution < -0.4 is 10.2 Å². The Bertz CT molecular complexity index is 1370. The highest BCUT2D eigenvalue weighted by Crippen LogP contribution is 2.65. The smallest absolute Gasteiger partial charge is 0.252 e. The van der Waals surface area contributed by atoms with Crippen LogP contribution in [0.25, 0.3) is 21.9 Å². The van der Waals surface area contributed by atoms with Gasteiger partial charge in [0, 0.05) is 10.8 Å². The summed E-state index contributed by atoms with van der Waals surface area (Å²) < 4.78 is 57.6. The minimum absolute atomic E-state index is 0.0267. The molecule has 1 spiro atoms. The van der Waals surface area contributed by atoms with Crippen LogP contribution in [-0.2, 0) is 5.41 Å². The van der Waals surface area contributed by atoms with Gasteiger partial charge in [0.25, 0.3) is 12.6 Å². The third kappa shape index (κ3) is 2.96. The fourth-order valence-corrected chi connectivity index (χ4v) is 7.68. The topological polar surface area (TPSA) is 26.7 Å². The summed E-state index contributed by atoms with van der Waals surface area (Å²) in [6, 6.07) is 12.3. The molecular formula is C28H28F4N2O. The number of benzene rings is 3. The van der Waals surface area contributed by atoms with E-state index in [1.807, 2.05) is 18.2 Å². The molecule has 2 unspecified atom stereocenters. The molecule has 0 amide bonds. The van der Waals surface area contributed by atoms with Gasteiger partial charge in [0.05, 0.1) is 11.4 Å². The SMILES string of the molecule is CC1(C)CC(C)(C)CC2(C1)c1ccccc1-c1c2cc(O)c2cc3c(cc12)N(F)C(F)C(F)N3F. The minimum atomic E-state index is -2.81. The number of rotatable bonds is 0. The van der Waals surface area contributed by atoms with Gasteiger partial charge in [-0.05, 0) is 75.9 Å². The van der Waals surface area contributed by atoms with E-state index in [9.17, 15) is 22.8 Å². The number of phenolic OH excluding ortho intramolecular Hbond substituents is 1. The van der Waals surface area contributed by atoms with Crippen molar-refractivity contribution in [3.8, 4) is 16.9 Å². The highest BCUT2D eigenvalue weighted by atomic mass is 19.2. The van der Waals surface area contributed by atoms with E-state index in [1.165, 1.54) is 12.1 Å². The van der Waals surface area contributed by atoms with Gasteiger partial charge in [-0.1, -0.05) is 60.9 Å². The van der Waals surface area contributed by atoms with Crippen molar-refractivity contribution < 1.29 is 22.8 Å². The maximum Gasteiger partial charge on any atom is 0.252 e. The number of alkyl halides is 2. The lowest BCUT2D eigenvalue weighted by atomic mass is 9.52. The predicted octanol–water partition coefficient (Wildman–Crippen LogP) is 8.03. The molecule has 0 bridgehead atoms. The first-order chi connectivity index (χ1) is 16.4. The van der Waals surface area contributed by atoms with Crippen LogP contribution in [-0.4, -0.2) is 17.7 Å². The predicted molar refractivity (Wildman–Crippen MR) is 130 cm³/mol. The Morgan fingerprint density at radius 3 is 1.91 bits per heavy atom. The maximum absolute atomic E-state index is 14.8. The second-order valence-corrected chi connectivity index (χ2v) is 12.1. The minimum Gasteiger partial charge on any atom is -0.507 e. The third-order valence-electron chi connectivity index (χ3n) is 8.08. The molecule has 0 saturated heterocycles. The number of nitrogens with zero attached hydrogens (tertiary/aromatic N) is 2. The van der Waals surface area contributed by atoms with Crippen LogP contribution in [0.2, 0.25) is 0 Å². The molecule has 3 aromatic carbocycles. The first kappa shape index (κ1) is 22.5. The van der Waals surface area contributed by atoms with E-state index in [4.69, 9.17) is 0 Å². The Labute approximate surface area is 201 Å². The average Bonchev–Trinajstić information content (AvgIpc) is 3.02. The number of halogens is 4. The first-order valence-corrected chi connectivity index (χ1v) is 12.0. The van der Waals surface area contributed by atoms with Crippen LogP contribution >= 0.6 is 0 Å². The second kappa shape index (κ2) is 6.83. The second-order valence-electron chi connectivity index (χ2n) is 12.1. The summed E-state index contributed by atoms with van der Waals surface area (Å²) in [7, 11) is 0. The van der Waals surface area contributed by atoms with Gasteiger partial charge in [-0.15, -0.1) is 0 Å². The molecule has 6 rings (SSSR count). The molecule has 1 fully saturated rings. The van der Waals surface area contributed by atoms with Crippen LogP contribution in [0.5, 0.6) is 5.75 Å². The van der Waals surface area contributed by atoms with Crippen LogP contribution in [0.15, 0.2) is 42.5 Å². The monoisotopic (exact) mass is 484 g/mol. The third-order valence-corrected chi connectivity index (χ3v) is 8.08. The molecule has 0 aromatic heterocycles. The number of anilines is 2. The van der Waals surface area contributed by atoms with Crippen LogP contribution in [0.4, 0.5) is 29.1 Å². The highest BCUT2D eigenvalue weighted by molar-refractivity contribution is 6.08. The van der Waals surface area contributed by atoms with Crippen LogP contribution in [0.1, 0.15) is 58.1 Å². The van der Waals surface area contributed by atoms with Gasteiger partial charge in [-0.25, -0.2) is 8.78 Å². The molecule has 3 aromatic rings. The van der Waals surface area contributed by atoms with Crippen molar-refractivity contribution in [2.75, 3.05) is 10.2 Å². The summed E-state index contributed by atoms with van der Waals surface area (Å²) in [5, 5.41) is 11.1. The van der Waals surface area contributed by atoms with Gasteiger partial charge in [0.2, 0.25) is 0 Å². The summed E-state index contributed by atoms with van der Waals surface area (Å²) in [4.78, 5) is 0. The van der Waals surface area contributed by atoms with Crippen LogP contribution in [0.3, 0.4) is 0 Å². The van der Waals surface area contributed by atoms with Crippen molar-refractivity contribution in [1.29, 1.82) is 0 Å². The summed E-state index contributed by atoms with van der Waals surface area (Å²) in [6.45, 7) is 9.05. The lowest BCUT2D eigenvalue weighted by Gasteiger charge is -2.51. The number of phenols is 1. The van der Waals surface area contributed by atoms with Crippen LogP contribution in [0, 0.1) is 10.8 Å². The zero-order chi connectivity index (χ0) is 25.1. The van der Waals surface area contributed by atoms with Gasteiger partial charge < -0.3 is 5.11 Å². The normalized spacial score (nSPS) is 25.5. The lowest BCUT2D eigenvalue weighted by Crippen LogP contribution is -2.46. The van der Waals surface area contributed by atoms with Gasteiger partial charge in [0.1, 0.15) is 5.75 Å². The Hall–Kier alpha value is -2.96. The molecule has 1 saturated carbocycles. The molecule has 2 atom stereocenters. The van der Waals surface area contributed by atoms with E-state index in [0.717, 1.165) is 41.5 Å². The lowest BCUT2D eigenvalue weighted by molar-refractivity contribution is 0.0645. The Morgan fingerprint density at radius 1 is 0.771 bits per heavy atom. The van der Waals surface area contributed by atoms with E-state index in [0.29, 0.717) is 5.39 Å².